The molecule has 1 saturated heterocycles. The summed E-state index contributed by atoms with van der Waals surface area (Å²) in [5.74, 6) is 0. The van der Waals surface area contributed by atoms with E-state index in [4.69, 9.17) is 8.92 Å². The summed E-state index contributed by atoms with van der Waals surface area (Å²) in [5.41, 5.74) is -0.563. The zero-order chi connectivity index (χ0) is 14.1. The second-order valence-corrected chi connectivity index (χ2v) is 7.24. The number of ether oxygens (including phenoxy) is 1. The largest absolute Gasteiger partial charge is 0.444 e. The molecule has 0 spiro atoms. The van der Waals surface area contributed by atoms with Crippen LogP contribution in [0.25, 0.3) is 0 Å². The number of carbonyl (C=O) groups is 1. The molecule has 1 rings (SSSR count). The van der Waals surface area contributed by atoms with Crippen molar-refractivity contribution in [3.8, 4) is 0 Å². The topological polar surface area (TPSA) is 72.9 Å². The third-order valence-corrected chi connectivity index (χ3v) is 3.10. The fourth-order valence-electron chi connectivity index (χ4n) is 1.87. The number of rotatable bonds is 2. The molecule has 0 saturated carbocycles. The summed E-state index contributed by atoms with van der Waals surface area (Å²) in [7, 11) is -3.49. The Labute approximate surface area is 116 Å². The summed E-state index contributed by atoms with van der Waals surface area (Å²) in [6, 6.07) is -0.0911. The molecule has 6 nitrogen and oxygen atoms in total. The molecule has 2 unspecified atom stereocenters. The highest BCUT2D eigenvalue weighted by molar-refractivity contribution is 7.86. The lowest BCUT2D eigenvalue weighted by Gasteiger charge is -2.26. The fourth-order valence-corrected chi connectivity index (χ4v) is 2.51. The highest BCUT2D eigenvalue weighted by atomic mass is 32.2. The van der Waals surface area contributed by atoms with E-state index in [1.165, 1.54) is 4.90 Å². The molecule has 0 aliphatic carbocycles. The first-order chi connectivity index (χ1) is 7.98. The van der Waals surface area contributed by atoms with Crippen molar-refractivity contribution in [1.82, 2.24) is 4.90 Å². The van der Waals surface area contributed by atoms with Gasteiger partial charge in [0, 0.05) is 6.04 Å². The minimum Gasteiger partial charge on any atom is -0.444 e. The quantitative estimate of drug-likeness (QED) is 0.728. The molecule has 1 aliphatic heterocycles. The summed E-state index contributed by atoms with van der Waals surface area (Å²) in [6.45, 7) is 7.45. The smallest absolute Gasteiger partial charge is 0.410 e. The van der Waals surface area contributed by atoms with Gasteiger partial charge in [0.25, 0.3) is 10.1 Å². The van der Waals surface area contributed by atoms with E-state index in [0.29, 0.717) is 6.42 Å². The van der Waals surface area contributed by atoms with Crippen LogP contribution >= 0.6 is 0 Å². The molecule has 0 N–H and O–H groups in total. The lowest BCUT2D eigenvalue weighted by Crippen LogP contribution is -2.39. The van der Waals surface area contributed by atoms with Crippen LogP contribution in [0.4, 0.5) is 4.79 Å². The maximum absolute atomic E-state index is 11.9. The Morgan fingerprint density at radius 2 is 1.84 bits per heavy atom. The standard InChI is InChI=1S/C11H21NO5S.CH4/c1-8-6-9(17-18(5,14)15)7-12(8)10(13)16-11(2,3)4;/h8-9H,6-7H2,1-5H3;1H4. The van der Waals surface area contributed by atoms with Crippen LogP contribution in [0.5, 0.6) is 0 Å². The maximum atomic E-state index is 11.9. The van der Waals surface area contributed by atoms with Gasteiger partial charge in [0.2, 0.25) is 0 Å². The minimum absolute atomic E-state index is 0. The zero-order valence-corrected chi connectivity index (χ0v) is 12.3. The number of amides is 1. The molecule has 0 aromatic heterocycles. The van der Waals surface area contributed by atoms with Crippen molar-refractivity contribution >= 4 is 16.2 Å². The van der Waals surface area contributed by atoms with Gasteiger partial charge in [-0.25, -0.2) is 4.79 Å². The second-order valence-electron chi connectivity index (χ2n) is 5.64. The van der Waals surface area contributed by atoms with Crippen molar-refractivity contribution < 1.29 is 22.1 Å². The van der Waals surface area contributed by atoms with E-state index in [-0.39, 0.29) is 20.0 Å². The highest BCUT2D eigenvalue weighted by Crippen LogP contribution is 2.23. The van der Waals surface area contributed by atoms with Gasteiger partial charge in [-0.05, 0) is 34.1 Å². The fraction of sp³-hybridized carbons (Fsp3) is 0.917. The molecule has 1 fully saturated rings. The molecule has 2 atom stereocenters. The lowest BCUT2D eigenvalue weighted by molar-refractivity contribution is 0.0224. The van der Waals surface area contributed by atoms with Crippen LogP contribution < -0.4 is 0 Å². The molecule has 114 valence electrons. The van der Waals surface area contributed by atoms with Gasteiger partial charge < -0.3 is 9.64 Å². The predicted octanol–water partition coefficient (Wildman–Crippen LogP) is 2.00. The molecule has 19 heavy (non-hydrogen) atoms. The van der Waals surface area contributed by atoms with E-state index >= 15 is 0 Å². The van der Waals surface area contributed by atoms with Crippen LogP contribution in [0.15, 0.2) is 0 Å². The monoisotopic (exact) mass is 295 g/mol. The maximum Gasteiger partial charge on any atom is 0.410 e. The van der Waals surface area contributed by atoms with Crippen LogP contribution in [-0.2, 0) is 19.0 Å². The number of nitrogens with zero attached hydrogens (tertiary/aromatic N) is 1. The summed E-state index contributed by atoms with van der Waals surface area (Å²) < 4.78 is 32.2. The summed E-state index contributed by atoms with van der Waals surface area (Å²) in [4.78, 5) is 13.4. The molecular weight excluding hydrogens is 270 g/mol. The van der Waals surface area contributed by atoms with Gasteiger partial charge in [-0.15, -0.1) is 0 Å². The van der Waals surface area contributed by atoms with Crippen LogP contribution in [0.1, 0.15) is 41.5 Å². The Balaban J connectivity index is 0.00000324. The number of hydrogen-bond acceptors (Lipinski definition) is 5. The molecule has 1 heterocycles. The van der Waals surface area contributed by atoms with Crippen molar-refractivity contribution in [1.29, 1.82) is 0 Å². The normalized spacial score (nSPS) is 23.9. The van der Waals surface area contributed by atoms with E-state index in [1.807, 2.05) is 6.92 Å². The number of carbonyl (C=O) groups excluding carboxylic acids is 1. The molecule has 0 radical (unpaired) electrons. The molecule has 0 bridgehead atoms. The molecular formula is C12H25NO5S. The van der Waals surface area contributed by atoms with Gasteiger partial charge in [-0.2, -0.15) is 8.42 Å². The summed E-state index contributed by atoms with van der Waals surface area (Å²) >= 11 is 0. The van der Waals surface area contributed by atoms with E-state index < -0.39 is 27.9 Å². The van der Waals surface area contributed by atoms with Gasteiger partial charge in [-0.1, -0.05) is 7.43 Å². The van der Waals surface area contributed by atoms with Crippen LogP contribution in [0.3, 0.4) is 0 Å². The van der Waals surface area contributed by atoms with Crippen molar-refractivity contribution in [3.63, 3.8) is 0 Å². The molecule has 0 aromatic rings. The third kappa shape index (κ3) is 6.24. The minimum atomic E-state index is -3.49. The number of likely N-dealkylation sites (tertiary alicyclic amines) is 1. The van der Waals surface area contributed by atoms with Gasteiger partial charge in [0.15, 0.2) is 0 Å². The molecule has 0 aromatic carbocycles. The summed E-state index contributed by atoms with van der Waals surface area (Å²) in [6.07, 6.45) is 0.581. The Morgan fingerprint density at radius 3 is 2.26 bits per heavy atom. The first-order valence-corrected chi connectivity index (χ1v) is 7.67. The predicted molar refractivity (Wildman–Crippen MR) is 73.5 cm³/mol. The second kappa shape index (κ2) is 6.09. The third-order valence-electron chi connectivity index (χ3n) is 2.48. The molecule has 7 heteroatoms. The van der Waals surface area contributed by atoms with E-state index in [0.717, 1.165) is 6.26 Å². The Morgan fingerprint density at radius 1 is 1.32 bits per heavy atom. The first-order valence-electron chi connectivity index (χ1n) is 5.86. The lowest BCUT2D eigenvalue weighted by atomic mass is 10.2. The van der Waals surface area contributed by atoms with E-state index in [9.17, 15) is 13.2 Å². The zero-order valence-electron chi connectivity index (χ0n) is 11.5. The van der Waals surface area contributed by atoms with Crippen LogP contribution in [0, 0.1) is 0 Å². The Bertz CT molecular complexity index is 412. The van der Waals surface area contributed by atoms with Gasteiger partial charge in [-0.3, -0.25) is 4.18 Å². The van der Waals surface area contributed by atoms with Crippen LogP contribution in [-0.4, -0.2) is 50.0 Å². The molecule has 1 amide bonds. The number of hydrogen-bond donors (Lipinski definition) is 0. The highest BCUT2D eigenvalue weighted by Gasteiger charge is 2.36. The van der Waals surface area contributed by atoms with Gasteiger partial charge in [0.1, 0.15) is 5.60 Å². The van der Waals surface area contributed by atoms with Crippen molar-refractivity contribution in [3.05, 3.63) is 0 Å². The van der Waals surface area contributed by atoms with Crippen molar-refractivity contribution in [2.24, 2.45) is 0 Å². The Kier molecular flexibility index (Phi) is 5.83. The summed E-state index contributed by atoms with van der Waals surface area (Å²) in [5, 5.41) is 0. The first kappa shape index (κ1) is 18.2. The van der Waals surface area contributed by atoms with E-state index in [1.54, 1.807) is 20.8 Å². The SMILES string of the molecule is C.CC1CC(OS(C)(=O)=O)CN1C(=O)OC(C)(C)C. The van der Waals surface area contributed by atoms with E-state index in [2.05, 4.69) is 0 Å². The van der Waals surface area contributed by atoms with Crippen molar-refractivity contribution in [2.45, 2.75) is 59.3 Å². The van der Waals surface area contributed by atoms with Gasteiger partial charge in [0.05, 0.1) is 18.9 Å². The molecule has 1 aliphatic rings. The Hall–Kier alpha value is -0.820. The van der Waals surface area contributed by atoms with Crippen molar-refractivity contribution in [2.75, 3.05) is 12.8 Å². The van der Waals surface area contributed by atoms with Crippen LogP contribution in [0.2, 0.25) is 0 Å². The average Bonchev–Trinajstić information content (AvgIpc) is 2.39. The average molecular weight is 295 g/mol. The van der Waals surface area contributed by atoms with Gasteiger partial charge >= 0.3 is 6.09 Å².